The van der Waals surface area contributed by atoms with Gasteiger partial charge in [-0.25, -0.2) is 4.79 Å². The van der Waals surface area contributed by atoms with Gasteiger partial charge in [-0.3, -0.25) is 14.3 Å². The molecule has 0 bridgehead atoms. The number of carbonyl (C=O) groups is 3. The Morgan fingerprint density at radius 1 is 1.05 bits per heavy atom. The number of carboxylic acid groups (broad SMARTS) is 1. The monoisotopic (exact) mass is 536 g/mol. The summed E-state index contributed by atoms with van der Waals surface area (Å²) in [5.74, 6) is -2.76. The molecule has 0 aliphatic rings. The van der Waals surface area contributed by atoms with Gasteiger partial charge in [-0.15, -0.1) is 0 Å². The number of rotatable bonds is 7. The third-order valence-electron chi connectivity index (χ3n) is 5.59. The molecular weight excluding hydrogens is 513 g/mol. The predicted octanol–water partition coefficient (Wildman–Crippen LogP) is 5.07. The normalized spacial score (nSPS) is 11.8. The molecule has 8 nitrogen and oxygen atoms in total. The van der Waals surface area contributed by atoms with Crippen molar-refractivity contribution in [3.8, 4) is 0 Å². The van der Waals surface area contributed by atoms with Crippen molar-refractivity contribution in [1.29, 1.82) is 0 Å². The van der Waals surface area contributed by atoms with E-state index in [0.29, 0.717) is 22.5 Å². The van der Waals surface area contributed by atoms with Gasteiger partial charge in [0, 0.05) is 11.4 Å². The summed E-state index contributed by atoms with van der Waals surface area (Å²) >= 11 is 6.18. The molecule has 37 heavy (non-hydrogen) atoms. The minimum atomic E-state index is -4.54. The fraction of sp³-hybridized carbons (Fsp3) is 0.280. The number of aromatic nitrogens is 2. The maximum Gasteiger partial charge on any atom is 0.435 e. The smallest absolute Gasteiger partial charge is 0.435 e. The minimum Gasteiger partial charge on any atom is -0.480 e. The Bertz CT molecular complexity index is 1380. The molecule has 0 atom stereocenters. The van der Waals surface area contributed by atoms with Crippen LogP contribution in [0.3, 0.4) is 0 Å². The molecule has 2 aromatic carbocycles. The van der Waals surface area contributed by atoms with E-state index in [4.69, 9.17) is 11.6 Å². The lowest BCUT2D eigenvalue weighted by atomic mass is 10.0. The Balaban J connectivity index is 1.82. The summed E-state index contributed by atoms with van der Waals surface area (Å²) in [6.45, 7) is 5.92. The number of nitrogens with zero attached hydrogens (tertiary/aromatic N) is 2. The number of anilines is 1. The summed E-state index contributed by atoms with van der Waals surface area (Å²) in [7, 11) is 0. The van der Waals surface area contributed by atoms with Crippen LogP contribution in [0.2, 0.25) is 5.02 Å². The molecule has 0 aliphatic carbocycles. The third kappa shape index (κ3) is 6.29. The van der Waals surface area contributed by atoms with Gasteiger partial charge in [0.15, 0.2) is 5.69 Å². The van der Waals surface area contributed by atoms with Crippen LogP contribution < -0.4 is 10.6 Å². The van der Waals surface area contributed by atoms with Crippen molar-refractivity contribution in [3.63, 3.8) is 0 Å². The summed E-state index contributed by atoms with van der Waals surface area (Å²) in [4.78, 5) is 37.3. The summed E-state index contributed by atoms with van der Waals surface area (Å²) in [5.41, 5.74) is -0.801. The Kier molecular flexibility index (Phi) is 7.68. The van der Waals surface area contributed by atoms with Gasteiger partial charge >= 0.3 is 12.1 Å². The van der Waals surface area contributed by atoms with E-state index in [0.717, 1.165) is 6.07 Å². The standard InChI is InChI=1S/C25H24ClF3N4O4/c1-13-10-15(12-33-14(2)11-19(32-33)25(27,28)29)8-9-18(13)30-21(34)16-6-5-7-17(26)20(16)22(35)31-24(3,4)23(36)37/h5-11H,12H2,1-4H3,(H,30,34)(H,31,35)(H,36,37). The first-order valence-corrected chi connectivity index (χ1v) is 11.3. The first-order valence-electron chi connectivity index (χ1n) is 11.0. The van der Waals surface area contributed by atoms with Crippen LogP contribution in [0, 0.1) is 13.8 Å². The van der Waals surface area contributed by atoms with Gasteiger partial charge in [-0.1, -0.05) is 29.8 Å². The van der Waals surface area contributed by atoms with Gasteiger partial charge in [-0.2, -0.15) is 18.3 Å². The van der Waals surface area contributed by atoms with Gasteiger partial charge in [0.1, 0.15) is 5.54 Å². The number of hydrogen-bond acceptors (Lipinski definition) is 4. The average molecular weight is 537 g/mol. The maximum atomic E-state index is 13.1. The molecule has 0 spiro atoms. The summed E-state index contributed by atoms with van der Waals surface area (Å²) in [6.07, 6.45) is -4.54. The summed E-state index contributed by atoms with van der Waals surface area (Å²) in [5, 5.41) is 17.9. The number of amides is 2. The summed E-state index contributed by atoms with van der Waals surface area (Å²) < 4.78 is 40.1. The molecule has 3 rings (SSSR count). The lowest BCUT2D eigenvalue weighted by Gasteiger charge is -2.22. The number of nitrogens with one attached hydrogen (secondary N) is 2. The Morgan fingerprint density at radius 2 is 1.73 bits per heavy atom. The average Bonchev–Trinajstić information content (AvgIpc) is 3.15. The lowest BCUT2D eigenvalue weighted by molar-refractivity contribution is -0.143. The highest BCUT2D eigenvalue weighted by Crippen LogP contribution is 2.29. The highest BCUT2D eigenvalue weighted by Gasteiger charge is 2.34. The number of benzene rings is 2. The van der Waals surface area contributed by atoms with E-state index >= 15 is 0 Å². The molecule has 196 valence electrons. The van der Waals surface area contributed by atoms with Crippen LogP contribution >= 0.6 is 11.6 Å². The molecule has 0 saturated carbocycles. The quantitative estimate of drug-likeness (QED) is 0.390. The van der Waals surface area contributed by atoms with Crippen molar-refractivity contribution >= 4 is 35.1 Å². The number of aliphatic carboxylic acids is 1. The zero-order valence-corrected chi connectivity index (χ0v) is 21.1. The second-order valence-corrected chi connectivity index (χ2v) is 9.38. The first kappa shape index (κ1) is 27.7. The van der Waals surface area contributed by atoms with E-state index < -0.39 is 35.2 Å². The van der Waals surface area contributed by atoms with E-state index in [1.807, 2.05) is 0 Å². The SMILES string of the molecule is Cc1cc(Cn2nc(C(F)(F)F)cc2C)ccc1NC(=O)c1cccc(Cl)c1C(=O)NC(C)(C)C(=O)O. The van der Waals surface area contributed by atoms with Crippen molar-refractivity contribution in [1.82, 2.24) is 15.1 Å². The zero-order chi connectivity index (χ0) is 27.7. The fourth-order valence-electron chi connectivity index (χ4n) is 3.48. The molecule has 2 amide bonds. The summed E-state index contributed by atoms with van der Waals surface area (Å²) in [6, 6.07) is 10.2. The Morgan fingerprint density at radius 3 is 2.30 bits per heavy atom. The van der Waals surface area contributed by atoms with Crippen LogP contribution in [-0.2, 0) is 17.5 Å². The molecule has 0 aliphatic heterocycles. The van der Waals surface area contributed by atoms with Crippen LogP contribution in [0.4, 0.5) is 18.9 Å². The van der Waals surface area contributed by atoms with Crippen molar-refractivity contribution < 1.29 is 32.7 Å². The van der Waals surface area contributed by atoms with E-state index in [1.54, 1.807) is 25.1 Å². The topological polar surface area (TPSA) is 113 Å². The fourth-order valence-corrected chi connectivity index (χ4v) is 3.74. The molecule has 0 unspecified atom stereocenters. The molecule has 12 heteroatoms. The number of hydrogen-bond donors (Lipinski definition) is 3. The molecule has 1 heterocycles. The minimum absolute atomic E-state index is 0.0359. The number of halogens is 4. The lowest BCUT2D eigenvalue weighted by Crippen LogP contribution is -2.50. The third-order valence-corrected chi connectivity index (χ3v) is 5.90. The van der Waals surface area contributed by atoms with Gasteiger partial charge in [-0.05, 0) is 63.1 Å². The van der Waals surface area contributed by atoms with Crippen molar-refractivity contribution in [2.75, 3.05) is 5.32 Å². The van der Waals surface area contributed by atoms with Gasteiger partial charge in [0.05, 0.1) is 22.7 Å². The van der Waals surface area contributed by atoms with Crippen molar-refractivity contribution in [2.24, 2.45) is 0 Å². The predicted molar refractivity (Wildman–Crippen MR) is 131 cm³/mol. The Hall–Kier alpha value is -3.86. The number of alkyl halides is 3. The molecule has 3 N–H and O–H groups in total. The van der Waals surface area contributed by atoms with E-state index in [-0.39, 0.29) is 22.7 Å². The number of aryl methyl sites for hydroxylation is 2. The van der Waals surface area contributed by atoms with Gasteiger partial charge in [0.25, 0.3) is 11.8 Å². The molecule has 3 aromatic rings. The number of carboxylic acids is 1. The van der Waals surface area contributed by atoms with Crippen molar-refractivity contribution in [3.05, 3.63) is 81.1 Å². The molecule has 0 fully saturated rings. The zero-order valence-electron chi connectivity index (χ0n) is 20.3. The highest BCUT2D eigenvalue weighted by atomic mass is 35.5. The highest BCUT2D eigenvalue weighted by molar-refractivity contribution is 6.35. The molecule has 0 saturated heterocycles. The second-order valence-electron chi connectivity index (χ2n) is 8.98. The van der Waals surface area contributed by atoms with Gasteiger partial charge < -0.3 is 15.7 Å². The second kappa shape index (κ2) is 10.3. The van der Waals surface area contributed by atoms with Crippen molar-refractivity contribution in [2.45, 2.75) is 46.0 Å². The first-order chi connectivity index (χ1) is 17.1. The van der Waals surface area contributed by atoms with Crippen LogP contribution in [0.5, 0.6) is 0 Å². The Labute approximate surface area is 215 Å². The van der Waals surface area contributed by atoms with Crippen LogP contribution in [0.1, 0.15) is 57.1 Å². The van der Waals surface area contributed by atoms with E-state index in [2.05, 4.69) is 15.7 Å². The van der Waals surface area contributed by atoms with Crippen LogP contribution in [0.25, 0.3) is 0 Å². The van der Waals surface area contributed by atoms with Crippen LogP contribution in [0.15, 0.2) is 42.5 Å². The number of carbonyl (C=O) groups excluding carboxylic acids is 2. The molecule has 1 aromatic heterocycles. The van der Waals surface area contributed by atoms with E-state index in [9.17, 15) is 32.7 Å². The molecular formula is C25H24ClF3N4O4. The molecule has 0 radical (unpaired) electrons. The van der Waals surface area contributed by atoms with E-state index in [1.165, 1.54) is 43.7 Å². The maximum absolute atomic E-state index is 13.1. The largest absolute Gasteiger partial charge is 0.480 e. The van der Waals surface area contributed by atoms with Gasteiger partial charge in [0.2, 0.25) is 0 Å². The van der Waals surface area contributed by atoms with Crippen LogP contribution in [-0.4, -0.2) is 38.2 Å².